The fourth-order valence-electron chi connectivity index (χ4n) is 2.56. The fraction of sp³-hybridized carbons (Fsp3) is 0.571. The van der Waals surface area contributed by atoms with Crippen molar-refractivity contribution >= 4 is 15.9 Å². The SMILES string of the molecule is CN(Cc1ccccn1)C(=O)C1CCN(S(C)(=O)=O)CC1. The predicted molar refractivity (Wildman–Crippen MR) is 79.9 cm³/mol. The Morgan fingerprint density at radius 2 is 2.05 bits per heavy atom. The second-order valence-electron chi connectivity index (χ2n) is 5.45. The molecule has 7 heteroatoms. The number of nitrogens with zero attached hydrogens (tertiary/aromatic N) is 3. The number of carbonyl (C=O) groups is 1. The minimum Gasteiger partial charge on any atom is -0.340 e. The number of sulfonamides is 1. The molecule has 0 spiro atoms. The molecule has 1 amide bonds. The minimum atomic E-state index is -3.15. The zero-order valence-corrected chi connectivity index (χ0v) is 13.2. The molecule has 0 aromatic carbocycles. The highest BCUT2D eigenvalue weighted by Crippen LogP contribution is 2.21. The normalized spacial score (nSPS) is 17.6. The lowest BCUT2D eigenvalue weighted by Gasteiger charge is -2.31. The van der Waals surface area contributed by atoms with Crippen molar-refractivity contribution in [2.45, 2.75) is 19.4 Å². The molecule has 1 aliphatic rings. The average molecular weight is 311 g/mol. The lowest BCUT2D eigenvalue weighted by molar-refractivity contribution is -0.136. The van der Waals surface area contributed by atoms with Gasteiger partial charge in [-0.15, -0.1) is 0 Å². The lowest BCUT2D eigenvalue weighted by Crippen LogP contribution is -2.43. The second kappa shape index (κ2) is 6.53. The molecule has 2 rings (SSSR count). The van der Waals surface area contributed by atoms with Gasteiger partial charge in [0.25, 0.3) is 0 Å². The summed E-state index contributed by atoms with van der Waals surface area (Å²) in [5.74, 6) is -0.0366. The van der Waals surface area contributed by atoms with E-state index < -0.39 is 10.0 Å². The van der Waals surface area contributed by atoms with E-state index in [0.717, 1.165) is 5.69 Å². The second-order valence-corrected chi connectivity index (χ2v) is 7.43. The van der Waals surface area contributed by atoms with Crippen LogP contribution in [0.5, 0.6) is 0 Å². The van der Waals surface area contributed by atoms with Crippen LogP contribution in [-0.2, 0) is 21.4 Å². The van der Waals surface area contributed by atoms with E-state index in [0.29, 0.717) is 32.5 Å². The molecule has 0 radical (unpaired) electrons. The van der Waals surface area contributed by atoms with Crippen molar-refractivity contribution in [2.75, 3.05) is 26.4 Å². The number of aromatic nitrogens is 1. The topological polar surface area (TPSA) is 70.6 Å². The Kier molecular flexibility index (Phi) is 4.95. The number of carbonyl (C=O) groups excluding carboxylic acids is 1. The zero-order chi connectivity index (χ0) is 15.5. The van der Waals surface area contributed by atoms with Gasteiger partial charge in [0.15, 0.2) is 0 Å². The van der Waals surface area contributed by atoms with Gasteiger partial charge in [-0.1, -0.05) is 6.07 Å². The van der Waals surface area contributed by atoms with Crippen molar-refractivity contribution in [2.24, 2.45) is 5.92 Å². The summed E-state index contributed by atoms with van der Waals surface area (Å²) in [6, 6.07) is 5.62. The zero-order valence-electron chi connectivity index (χ0n) is 12.4. The highest BCUT2D eigenvalue weighted by atomic mass is 32.2. The average Bonchev–Trinajstić information content (AvgIpc) is 2.46. The Morgan fingerprint density at radius 3 is 2.57 bits per heavy atom. The molecule has 0 N–H and O–H groups in total. The van der Waals surface area contributed by atoms with E-state index in [4.69, 9.17) is 0 Å². The van der Waals surface area contributed by atoms with Crippen LogP contribution < -0.4 is 0 Å². The summed E-state index contributed by atoms with van der Waals surface area (Å²) in [6.45, 7) is 1.32. The van der Waals surface area contributed by atoms with Gasteiger partial charge < -0.3 is 4.90 Å². The number of pyridine rings is 1. The van der Waals surface area contributed by atoms with Gasteiger partial charge in [-0.3, -0.25) is 9.78 Å². The van der Waals surface area contributed by atoms with Gasteiger partial charge in [0, 0.05) is 32.3 Å². The predicted octanol–water partition coefficient (Wildman–Crippen LogP) is 0.712. The van der Waals surface area contributed by atoms with Crippen LogP contribution in [0.2, 0.25) is 0 Å². The smallest absolute Gasteiger partial charge is 0.225 e. The molecule has 0 atom stereocenters. The van der Waals surface area contributed by atoms with Gasteiger partial charge in [-0.05, 0) is 25.0 Å². The van der Waals surface area contributed by atoms with E-state index in [1.54, 1.807) is 18.1 Å². The molecule has 1 aliphatic heterocycles. The van der Waals surface area contributed by atoms with E-state index in [9.17, 15) is 13.2 Å². The number of amides is 1. The first-order valence-electron chi connectivity index (χ1n) is 6.98. The molecule has 1 aromatic rings. The number of piperidine rings is 1. The first kappa shape index (κ1) is 15.9. The Hall–Kier alpha value is -1.47. The van der Waals surface area contributed by atoms with Crippen LogP contribution in [0, 0.1) is 5.92 Å². The van der Waals surface area contributed by atoms with Gasteiger partial charge in [-0.2, -0.15) is 0 Å². The molecule has 0 saturated carbocycles. The summed E-state index contributed by atoms with van der Waals surface area (Å²) in [5, 5.41) is 0. The third-order valence-corrected chi connectivity index (χ3v) is 5.08. The molecule has 1 fully saturated rings. The number of rotatable bonds is 4. The molecular weight excluding hydrogens is 290 g/mol. The van der Waals surface area contributed by atoms with Crippen molar-refractivity contribution in [1.29, 1.82) is 0 Å². The van der Waals surface area contributed by atoms with E-state index >= 15 is 0 Å². The highest BCUT2D eigenvalue weighted by molar-refractivity contribution is 7.88. The maximum atomic E-state index is 12.4. The maximum Gasteiger partial charge on any atom is 0.225 e. The van der Waals surface area contributed by atoms with Gasteiger partial charge >= 0.3 is 0 Å². The van der Waals surface area contributed by atoms with Gasteiger partial charge in [-0.25, -0.2) is 12.7 Å². The van der Waals surface area contributed by atoms with Crippen LogP contribution in [0.25, 0.3) is 0 Å². The molecular formula is C14H21N3O3S. The first-order valence-corrected chi connectivity index (χ1v) is 8.83. The minimum absolute atomic E-state index is 0.0637. The van der Waals surface area contributed by atoms with Crippen LogP contribution in [0.3, 0.4) is 0 Å². The van der Waals surface area contributed by atoms with Crippen LogP contribution in [0.4, 0.5) is 0 Å². The Bertz CT molecular complexity index is 581. The summed E-state index contributed by atoms with van der Waals surface area (Å²) in [6.07, 6.45) is 4.08. The van der Waals surface area contributed by atoms with Crippen LogP contribution >= 0.6 is 0 Å². The molecule has 21 heavy (non-hydrogen) atoms. The third kappa shape index (κ3) is 4.25. The largest absolute Gasteiger partial charge is 0.340 e. The summed E-state index contributed by atoms with van der Waals surface area (Å²) in [7, 11) is -1.38. The number of hydrogen-bond acceptors (Lipinski definition) is 4. The van der Waals surface area contributed by atoms with Crippen LogP contribution in [0.1, 0.15) is 18.5 Å². The van der Waals surface area contributed by atoms with E-state index in [2.05, 4.69) is 4.98 Å². The van der Waals surface area contributed by atoms with Gasteiger partial charge in [0.1, 0.15) is 0 Å². The quantitative estimate of drug-likeness (QED) is 0.821. The molecule has 1 saturated heterocycles. The maximum absolute atomic E-state index is 12.4. The molecule has 2 heterocycles. The van der Waals surface area contributed by atoms with E-state index in [1.807, 2.05) is 18.2 Å². The molecule has 0 unspecified atom stereocenters. The van der Waals surface area contributed by atoms with Crippen LogP contribution in [-0.4, -0.2) is 54.9 Å². The number of hydrogen-bond donors (Lipinski definition) is 0. The van der Waals surface area contributed by atoms with Gasteiger partial charge in [0.05, 0.1) is 18.5 Å². The molecule has 0 bridgehead atoms. The van der Waals surface area contributed by atoms with Crippen LogP contribution in [0.15, 0.2) is 24.4 Å². The highest BCUT2D eigenvalue weighted by Gasteiger charge is 2.30. The first-order chi connectivity index (χ1) is 9.88. The third-order valence-electron chi connectivity index (χ3n) is 3.77. The molecule has 0 aliphatic carbocycles. The summed E-state index contributed by atoms with van der Waals surface area (Å²) < 4.78 is 24.4. The van der Waals surface area contributed by atoms with E-state index in [1.165, 1.54) is 10.6 Å². The Balaban J connectivity index is 1.90. The summed E-state index contributed by atoms with van der Waals surface area (Å²) in [5.41, 5.74) is 0.849. The summed E-state index contributed by atoms with van der Waals surface area (Å²) >= 11 is 0. The fourth-order valence-corrected chi connectivity index (χ4v) is 3.43. The monoisotopic (exact) mass is 311 g/mol. The van der Waals surface area contributed by atoms with Crippen molar-refractivity contribution < 1.29 is 13.2 Å². The molecule has 116 valence electrons. The molecule has 1 aromatic heterocycles. The standard InChI is InChI=1S/C14H21N3O3S/c1-16(11-13-5-3-4-8-15-13)14(18)12-6-9-17(10-7-12)21(2,19)20/h3-5,8,12H,6-7,9-11H2,1-2H3. The Labute approximate surface area is 125 Å². The van der Waals surface area contributed by atoms with Crippen molar-refractivity contribution in [3.63, 3.8) is 0 Å². The van der Waals surface area contributed by atoms with E-state index in [-0.39, 0.29) is 11.8 Å². The van der Waals surface area contributed by atoms with Gasteiger partial charge in [0.2, 0.25) is 15.9 Å². The van der Waals surface area contributed by atoms with Crippen molar-refractivity contribution in [3.05, 3.63) is 30.1 Å². The van der Waals surface area contributed by atoms with Crippen molar-refractivity contribution in [3.8, 4) is 0 Å². The Morgan fingerprint density at radius 1 is 1.38 bits per heavy atom. The summed E-state index contributed by atoms with van der Waals surface area (Å²) in [4.78, 5) is 18.3. The lowest BCUT2D eigenvalue weighted by atomic mass is 9.96. The molecule has 6 nitrogen and oxygen atoms in total. The van der Waals surface area contributed by atoms with Crippen molar-refractivity contribution in [1.82, 2.24) is 14.2 Å².